The zero-order valence-corrected chi connectivity index (χ0v) is 12.9. The third kappa shape index (κ3) is 2.54. The maximum Gasteiger partial charge on any atom is 0.227 e. The number of carbonyl (C=O) groups excluding carboxylic acids is 1. The van der Waals surface area contributed by atoms with Crippen molar-refractivity contribution in [2.24, 2.45) is 5.92 Å². The number of hydrogen-bond donors (Lipinski definition) is 0. The number of methoxy groups -OCH3 is 1. The van der Waals surface area contributed by atoms with Gasteiger partial charge in [0.2, 0.25) is 5.91 Å². The monoisotopic (exact) mass is 379 g/mol. The van der Waals surface area contributed by atoms with Crippen LogP contribution in [0.25, 0.3) is 0 Å². The Bertz CT molecular complexity index is 481. The number of halogens is 3. The van der Waals surface area contributed by atoms with Crippen LogP contribution in [0, 0.1) is 11.7 Å². The third-order valence-electron chi connectivity index (χ3n) is 2.94. The summed E-state index contributed by atoms with van der Waals surface area (Å²) in [5.74, 6) is 0.348. The Balaban J connectivity index is 2.38. The normalized spacial score (nSPS) is 19.4. The van der Waals surface area contributed by atoms with Crippen molar-refractivity contribution in [3.05, 3.63) is 22.4 Å². The van der Waals surface area contributed by atoms with E-state index in [9.17, 15) is 9.18 Å². The van der Waals surface area contributed by atoms with E-state index in [1.54, 1.807) is 11.0 Å². The molecule has 18 heavy (non-hydrogen) atoms. The van der Waals surface area contributed by atoms with Crippen LogP contribution in [-0.4, -0.2) is 24.9 Å². The molecule has 0 bridgehead atoms. The van der Waals surface area contributed by atoms with E-state index in [-0.39, 0.29) is 11.8 Å². The fourth-order valence-electron chi connectivity index (χ4n) is 2.01. The number of carbonyl (C=O) groups is 1. The summed E-state index contributed by atoms with van der Waals surface area (Å²) in [5.41, 5.74) is 0.492. The molecule has 6 heteroatoms. The van der Waals surface area contributed by atoms with Gasteiger partial charge in [0.15, 0.2) is 0 Å². The summed E-state index contributed by atoms with van der Waals surface area (Å²) in [5, 5.41) is 0.760. The van der Waals surface area contributed by atoms with Crippen LogP contribution in [0.3, 0.4) is 0 Å². The first-order valence-electron chi connectivity index (χ1n) is 5.46. The molecule has 1 heterocycles. The SMILES string of the molecule is COc1cc(Br)c(F)cc1N1CC(CBr)CC1=O. The van der Waals surface area contributed by atoms with E-state index in [0.717, 1.165) is 5.33 Å². The van der Waals surface area contributed by atoms with Gasteiger partial charge in [-0.15, -0.1) is 0 Å². The maximum absolute atomic E-state index is 13.6. The summed E-state index contributed by atoms with van der Waals surface area (Å²) in [6, 6.07) is 2.87. The van der Waals surface area contributed by atoms with Crippen LogP contribution in [0.5, 0.6) is 5.75 Å². The van der Waals surface area contributed by atoms with Crippen LogP contribution in [0.4, 0.5) is 10.1 Å². The molecule has 1 atom stereocenters. The molecule has 1 fully saturated rings. The predicted octanol–water partition coefficient (Wildman–Crippen LogP) is 3.34. The molecule has 0 saturated carbocycles. The van der Waals surface area contributed by atoms with Gasteiger partial charge in [-0.2, -0.15) is 0 Å². The minimum atomic E-state index is -0.402. The minimum Gasteiger partial charge on any atom is -0.495 e. The Kier molecular flexibility index (Phi) is 4.27. The zero-order chi connectivity index (χ0) is 13.3. The van der Waals surface area contributed by atoms with Crippen molar-refractivity contribution >= 4 is 43.5 Å². The van der Waals surface area contributed by atoms with Crippen molar-refractivity contribution < 1.29 is 13.9 Å². The van der Waals surface area contributed by atoms with Crippen LogP contribution in [0.2, 0.25) is 0 Å². The van der Waals surface area contributed by atoms with Crippen LogP contribution in [0.1, 0.15) is 6.42 Å². The summed E-state index contributed by atoms with van der Waals surface area (Å²) in [4.78, 5) is 13.5. The fourth-order valence-corrected chi connectivity index (χ4v) is 2.77. The number of benzene rings is 1. The lowest BCUT2D eigenvalue weighted by atomic mass is 10.2. The Labute approximate surface area is 122 Å². The van der Waals surface area contributed by atoms with Gasteiger partial charge in [0, 0.05) is 24.4 Å². The second-order valence-corrected chi connectivity index (χ2v) is 5.67. The molecule has 98 valence electrons. The number of alkyl halides is 1. The van der Waals surface area contributed by atoms with Gasteiger partial charge >= 0.3 is 0 Å². The van der Waals surface area contributed by atoms with Gasteiger partial charge in [-0.05, 0) is 27.9 Å². The van der Waals surface area contributed by atoms with Crippen LogP contribution < -0.4 is 9.64 Å². The number of amides is 1. The quantitative estimate of drug-likeness (QED) is 0.752. The highest BCUT2D eigenvalue weighted by Crippen LogP contribution is 2.36. The van der Waals surface area contributed by atoms with Crippen molar-refractivity contribution in [2.75, 3.05) is 23.9 Å². The summed E-state index contributed by atoms with van der Waals surface area (Å²) in [6.07, 6.45) is 0.478. The summed E-state index contributed by atoms with van der Waals surface area (Å²) >= 11 is 6.48. The maximum atomic E-state index is 13.6. The smallest absolute Gasteiger partial charge is 0.227 e. The molecule has 1 amide bonds. The lowest BCUT2D eigenvalue weighted by Gasteiger charge is -2.20. The topological polar surface area (TPSA) is 29.5 Å². The molecule has 0 aliphatic carbocycles. The Morgan fingerprint density at radius 2 is 2.28 bits per heavy atom. The van der Waals surface area contributed by atoms with Gasteiger partial charge in [0.25, 0.3) is 0 Å². The highest BCUT2D eigenvalue weighted by atomic mass is 79.9. The van der Waals surface area contributed by atoms with E-state index in [1.807, 2.05) is 0 Å². The first kappa shape index (κ1) is 13.8. The molecule has 0 aromatic heterocycles. The van der Waals surface area contributed by atoms with Crippen LogP contribution >= 0.6 is 31.9 Å². The van der Waals surface area contributed by atoms with E-state index < -0.39 is 5.82 Å². The average molecular weight is 381 g/mol. The number of ether oxygens (including phenoxy) is 1. The molecule has 0 spiro atoms. The van der Waals surface area contributed by atoms with E-state index in [2.05, 4.69) is 31.9 Å². The van der Waals surface area contributed by atoms with Crippen LogP contribution in [0.15, 0.2) is 16.6 Å². The Hall–Kier alpha value is -0.620. The standard InChI is InChI=1S/C12H12Br2FNO2/c1-18-11-3-8(14)9(15)4-10(11)16-6-7(5-13)2-12(16)17/h3-4,7H,2,5-6H2,1H3. The molecule has 1 aromatic rings. The highest BCUT2D eigenvalue weighted by molar-refractivity contribution is 9.10. The highest BCUT2D eigenvalue weighted by Gasteiger charge is 2.32. The Morgan fingerprint density at radius 3 is 2.83 bits per heavy atom. The molecular formula is C12H12Br2FNO2. The summed E-state index contributed by atoms with van der Waals surface area (Å²) in [6.45, 7) is 0.585. The third-order valence-corrected chi connectivity index (χ3v) is 4.46. The lowest BCUT2D eigenvalue weighted by Crippen LogP contribution is -2.25. The zero-order valence-electron chi connectivity index (χ0n) is 9.75. The van der Waals surface area contributed by atoms with Crippen molar-refractivity contribution in [1.82, 2.24) is 0 Å². The van der Waals surface area contributed by atoms with Crippen molar-refractivity contribution in [1.29, 1.82) is 0 Å². The lowest BCUT2D eigenvalue weighted by molar-refractivity contribution is -0.117. The molecule has 3 nitrogen and oxygen atoms in total. The van der Waals surface area contributed by atoms with Crippen LogP contribution in [-0.2, 0) is 4.79 Å². The second kappa shape index (κ2) is 5.57. The molecule has 1 saturated heterocycles. The van der Waals surface area contributed by atoms with Gasteiger partial charge in [-0.1, -0.05) is 15.9 Å². The predicted molar refractivity (Wildman–Crippen MR) is 74.9 cm³/mol. The number of hydrogen-bond acceptors (Lipinski definition) is 2. The summed E-state index contributed by atoms with van der Waals surface area (Å²) < 4.78 is 19.1. The first-order chi connectivity index (χ1) is 8.56. The molecule has 1 unspecified atom stereocenters. The first-order valence-corrected chi connectivity index (χ1v) is 7.37. The largest absolute Gasteiger partial charge is 0.495 e. The molecule has 1 aliphatic rings. The van der Waals surface area contributed by atoms with Gasteiger partial charge in [0.1, 0.15) is 11.6 Å². The number of rotatable bonds is 3. The number of anilines is 1. The van der Waals surface area contributed by atoms with Crippen molar-refractivity contribution in [3.8, 4) is 5.75 Å². The van der Waals surface area contributed by atoms with E-state index >= 15 is 0 Å². The van der Waals surface area contributed by atoms with Gasteiger partial charge in [-0.25, -0.2) is 4.39 Å². The summed E-state index contributed by atoms with van der Waals surface area (Å²) in [7, 11) is 1.51. The van der Waals surface area contributed by atoms with E-state index in [0.29, 0.717) is 28.9 Å². The van der Waals surface area contributed by atoms with Crippen molar-refractivity contribution in [2.45, 2.75) is 6.42 Å². The molecular weight excluding hydrogens is 369 g/mol. The van der Waals surface area contributed by atoms with Crippen molar-refractivity contribution in [3.63, 3.8) is 0 Å². The van der Waals surface area contributed by atoms with Gasteiger partial charge in [-0.3, -0.25) is 4.79 Å². The fraction of sp³-hybridized carbons (Fsp3) is 0.417. The minimum absolute atomic E-state index is 0.000488. The second-order valence-electron chi connectivity index (χ2n) is 4.17. The Morgan fingerprint density at radius 1 is 1.56 bits per heavy atom. The number of nitrogens with zero attached hydrogens (tertiary/aromatic N) is 1. The molecule has 1 aromatic carbocycles. The van der Waals surface area contributed by atoms with E-state index in [1.165, 1.54) is 13.2 Å². The molecule has 2 rings (SSSR count). The van der Waals surface area contributed by atoms with E-state index in [4.69, 9.17) is 4.74 Å². The van der Waals surface area contributed by atoms with Gasteiger partial charge in [0.05, 0.1) is 17.3 Å². The average Bonchev–Trinajstić information content (AvgIpc) is 2.73. The van der Waals surface area contributed by atoms with Gasteiger partial charge < -0.3 is 9.64 Å². The molecule has 0 radical (unpaired) electrons. The molecule has 1 aliphatic heterocycles. The molecule has 0 N–H and O–H groups in total.